The van der Waals surface area contributed by atoms with Crippen molar-refractivity contribution < 1.29 is 9.18 Å². The van der Waals surface area contributed by atoms with Crippen LogP contribution in [0, 0.1) is 5.82 Å². The smallest absolute Gasteiger partial charge is 0.291 e. The molecular weight excluding hydrogens is 385 g/mol. The summed E-state index contributed by atoms with van der Waals surface area (Å²) < 4.78 is 17.0. The lowest BCUT2D eigenvalue weighted by Gasteiger charge is -2.26. The first kappa shape index (κ1) is 18.3. The van der Waals surface area contributed by atoms with Gasteiger partial charge in [-0.3, -0.25) is 4.79 Å². The molecule has 1 N–H and O–H groups in total. The molecule has 1 aliphatic rings. The number of rotatable bonds is 4. The second-order valence-corrected chi connectivity index (χ2v) is 7.33. The monoisotopic (exact) mass is 405 g/mol. The van der Waals surface area contributed by atoms with E-state index in [9.17, 15) is 9.18 Å². The lowest BCUT2D eigenvalue weighted by molar-refractivity contribution is 0.101. The quantitative estimate of drug-likeness (QED) is 0.564. The number of anilines is 2. The standard InChI is InChI=1S/C21H20FN7O/c1-27-11-8-23-20(27)21(30)25-16-13-24-29-10-7-18(26-19(16)29)28-9-3-6-17(28)14-4-2-5-15(22)12-14/h2,4-5,7-8,10-13,17H,3,6,9H2,1H3,(H,25,30)/t17-/m1/s1. The molecule has 4 heterocycles. The van der Waals surface area contributed by atoms with Crippen LogP contribution in [0.25, 0.3) is 5.65 Å². The van der Waals surface area contributed by atoms with Gasteiger partial charge in [0, 0.05) is 32.2 Å². The van der Waals surface area contributed by atoms with E-state index in [1.807, 2.05) is 18.3 Å². The van der Waals surface area contributed by atoms with Gasteiger partial charge < -0.3 is 14.8 Å². The SMILES string of the molecule is Cn1ccnc1C(=O)Nc1cnn2ccc(N3CCC[C@@H]3c3cccc(F)c3)nc12. The molecule has 0 unspecified atom stereocenters. The summed E-state index contributed by atoms with van der Waals surface area (Å²) in [5.41, 5.74) is 1.98. The van der Waals surface area contributed by atoms with Crippen molar-refractivity contribution in [1.29, 1.82) is 0 Å². The normalized spacial score (nSPS) is 16.3. The number of nitrogens with zero attached hydrogens (tertiary/aromatic N) is 6. The van der Waals surface area contributed by atoms with Crippen molar-refractivity contribution in [3.05, 3.63) is 72.3 Å². The highest BCUT2D eigenvalue weighted by molar-refractivity contribution is 6.03. The lowest BCUT2D eigenvalue weighted by Crippen LogP contribution is -2.24. The first-order valence-electron chi connectivity index (χ1n) is 9.75. The van der Waals surface area contributed by atoms with Gasteiger partial charge >= 0.3 is 0 Å². The molecule has 0 radical (unpaired) electrons. The number of halogens is 1. The predicted molar refractivity (Wildman–Crippen MR) is 110 cm³/mol. The van der Waals surface area contributed by atoms with Gasteiger partial charge in [0.05, 0.1) is 12.2 Å². The number of hydrogen-bond acceptors (Lipinski definition) is 5. The molecule has 4 aromatic rings. The van der Waals surface area contributed by atoms with Crippen LogP contribution >= 0.6 is 0 Å². The molecule has 8 nitrogen and oxygen atoms in total. The highest BCUT2D eigenvalue weighted by Crippen LogP contribution is 2.35. The third kappa shape index (κ3) is 3.18. The third-order valence-electron chi connectivity index (χ3n) is 5.41. The van der Waals surface area contributed by atoms with Gasteiger partial charge in [-0.15, -0.1) is 0 Å². The van der Waals surface area contributed by atoms with Crippen molar-refractivity contribution in [3.63, 3.8) is 0 Å². The number of nitrogens with one attached hydrogen (secondary N) is 1. The molecule has 1 fully saturated rings. The summed E-state index contributed by atoms with van der Waals surface area (Å²) in [4.78, 5) is 23.6. The van der Waals surface area contributed by atoms with E-state index < -0.39 is 0 Å². The summed E-state index contributed by atoms with van der Waals surface area (Å²) in [6.45, 7) is 0.827. The van der Waals surface area contributed by atoms with Crippen molar-refractivity contribution in [3.8, 4) is 0 Å². The summed E-state index contributed by atoms with van der Waals surface area (Å²) in [6.07, 6.45) is 8.59. The number of carbonyl (C=O) groups excluding carboxylic acids is 1. The zero-order valence-corrected chi connectivity index (χ0v) is 16.4. The molecule has 1 aromatic carbocycles. The van der Waals surface area contributed by atoms with Crippen LogP contribution in [0.2, 0.25) is 0 Å². The van der Waals surface area contributed by atoms with Gasteiger partial charge in [0.1, 0.15) is 17.3 Å². The Labute approximate surface area is 172 Å². The van der Waals surface area contributed by atoms with E-state index in [4.69, 9.17) is 4.98 Å². The molecule has 9 heteroatoms. The maximum Gasteiger partial charge on any atom is 0.291 e. The molecule has 0 aliphatic carbocycles. The highest BCUT2D eigenvalue weighted by atomic mass is 19.1. The van der Waals surface area contributed by atoms with Gasteiger partial charge in [-0.2, -0.15) is 5.10 Å². The molecule has 5 rings (SSSR count). The zero-order chi connectivity index (χ0) is 20.7. The zero-order valence-electron chi connectivity index (χ0n) is 16.4. The van der Waals surface area contributed by atoms with E-state index in [0.29, 0.717) is 17.2 Å². The van der Waals surface area contributed by atoms with Gasteiger partial charge in [0.15, 0.2) is 11.5 Å². The second kappa shape index (κ2) is 7.25. The minimum absolute atomic E-state index is 0.0594. The number of amides is 1. The Kier molecular flexibility index (Phi) is 4.42. The van der Waals surface area contributed by atoms with Gasteiger partial charge in [-0.05, 0) is 36.6 Å². The fourth-order valence-corrected chi connectivity index (χ4v) is 3.97. The van der Waals surface area contributed by atoms with Crippen LogP contribution in [0.4, 0.5) is 15.9 Å². The number of carbonyl (C=O) groups is 1. The van der Waals surface area contributed by atoms with Crippen LogP contribution in [-0.2, 0) is 7.05 Å². The van der Waals surface area contributed by atoms with E-state index in [1.165, 1.54) is 6.07 Å². The lowest BCUT2D eigenvalue weighted by atomic mass is 10.0. The van der Waals surface area contributed by atoms with Crippen LogP contribution in [0.1, 0.15) is 35.1 Å². The van der Waals surface area contributed by atoms with Crippen molar-refractivity contribution in [2.45, 2.75) is 18.9 Å². The van der Waals surface area contributed by atoms with Crippen molar-refractivity contribution in [2.24, 2.45) is 7.05 Å². The van der Waals surface area contributed by atoms with Crippen LogP contribution in [0.5, 0.6) is 0 Å². The Balaban J connectivity index is 1.46. The van der Waals surface area contributed by atoms with E-state index in [1.54, 1.807) is 46.9 Å². The van der Waals surface area contributed by atoms with Gasteiger partial charge in [0.2, 0.25) is 0 Å². The van der Waals surface area contributed by atoms with E-state index >= 15 is 0 Å². The molecule has 1 amide bonds. The van der Waals surface area contributed by atoms with Crippen LogP contribution < -0.4 is 10.2 Å². The Hall–Kier alpha value is -3.75. The van der Waals surface area contributed by atoms with Gasteiger partial charge in [0.25, 0.3) is 5.91 Å². The fourth-order valence-electron chi connectivity index (χ4n) is 3.97. The molecule has 0 bridgehead atoms. The maximum atomic E-state index is 13.7. The summed E-state index contributed by atoms with van der Waals surface area (Å²) in [5.74, 6) is 0.500. The fraction of sp³-hybridized carbons (Fsp3) is 0.238. The predicted octanol–water partition coefficient (Wildman–Crippen LogP) is 3.20. The number of imidazole rings is 1. The topological polar surface area (TPSA) is 80.3 Å². The number of fused-ring (bicyclic) bond motifs is 1. The Morgan fingerprint density at radius 2 is 2.17 bits per heavy atom. The summed E-state index contributed by atoms with van der Waals surface area (Å²) in [6, 6.07) is 8.67. The van der Waals surface area contributed by atoms with Crippen LogP contribution in [0.15, 0.2) is 55.1 Å². The first-order chi connectivity index (χ1) is 14.6. The number of aryl methyl sites for hydroxylation is 1. The minimum Gasteiger partial charge on any atom is -0.349 e. The average molecular weight is 405 g/mol. The van der Waals surface area contributed by atoms with Gasteiger partial charge in [-0.25, -0.2) is 18.9 Å². The van der Waals surface area contributed by atoms with Crippen LogP contribution in [0.3, 0.4) is 0 Å². The van der Waals surface area contributed by atoms with Crippen molar-refractivity contribution >= 4 is 23.1 Å². The molecule has 30 heavy (non-hydrogen) atoms. The molecule has 1 saturated heterocycles. The van der Waals surface area contributed by atoms with E-state index in [2.05, 4.69) is 20.3 Å². The third-order valence-corrected chi connectivity index (χ3v) is 5.41. The average Bonchev–Trinajstić information content (AvgIpc) is 3.47. The summed E-state index contributed by atoms with van der Waals surface area (Å²) >= 11 is 0. The van der Waals surface area contributed by atoms with E-state index in [0.717, 1.165) is 30.8 Å². The Morgan fingerprint density at radius 3 is 2.97 bits per heavy atom. The van der Waals surface area contributed by atoms with Crippen LogP contribution in [-0.4, -0.2) is 36.6 Å². The van der Waals surface area contributed by atoms with Crippen molar-refractivity contribution in [1.82, 2.24) is 24.1 Å². The first-order valence-corrected chi connectivity index (χ1v) is 9.75. The minimum atomic E-state index is -0.330. The molecule has 1 atom stereocenters. The summed E-state index contributed by atoms with van der Waals surface area (Å²) in [7, 11) is 1.76. The van der Waals surface area contributed by atoms with Crippen molar-refractivity contribution in [2.75, 3.05) is 16.8 Å². The molecule has 0 spiro atoms. The number of aromatic nitrogens is 5. The molecule has 1 aliphatic heterocycles. The molecule has 0 saturated carbocycles. The number of benzene rings is 1. The largest absolute Gasteiger partial charge is 0.349 e. The second-order valence-electron chi connectivity index (χ2n) is 7.33. The van der Waals surface area contributed by atoms with E-state index in [-0.39, 0.29) is 17.8 Å². The summed E-state index contributed by atoms with van der Waals surface area (Å²) in [5, 5.41) is 7.12. The maximum absolute atomic E-state index is 13.7. The molecule has 3 aromatic heterocycles. The van der Waals surface area contributed by atoms with Gasteiger partial charge in [-0.1, -0.05) is 12.1 Å². The molecule has 152 valence electrons. The Bertz CT molecular complexity index is 1230. The Morgan fingerprint density at radius 1 is 1.27 bits per heavy atom. The molecular formula is C21H20FN7O. The number of hydrogen-bond donors (Lipinski definition) is 1. The highest BCUT2D eigenvalue weighted by Gasteiger charge is 2.28.